The Kier molecular flexibility index (Phi) is 7.65. The second kappa shape index (κ2) is 7.83. The van der Waals surface area contributed by atoms with E-state index in [4.69, 9.17) is 0 Å². The third-order valence-corrected chi connectivity index (χ3v) is 3.09. The summed E-state index contributed by atoms with van der Waals surface area (Å²) in [6.45, 7) is 9.71. The highest BCUT2D eigenvalue weighted by Crippen LogP contribution is 2.23. The van der Waals surface area contributed by atoms with Crippen molar-refractivity contribution in [1.82, 2.24) is 4.90 Å². The van der Waals surface area contributed by atoms with Gasteiger partial charge in [-0.05, 0) is 45.3 Å². The first-order valence-corrected chi connectivity index (χ1v) is 6.53. The molecular formula is C14H29NO. The first-order chi connectivity index (χ1) is 7.36. The van der Waals surface area contributed by atoms with Crippen LogP contribution in [-0.4, -0.2) is 31.3 Å². The molecule has 96 valence electrons. The molecule has 0 spiro atoms. The van der Waals surface area contributed by atoms with Gasteiger partial charge in [0, 0.05) is 12.3 Å². The van der Waals surface area contributed by atoms with Crippen molar-refractivity contribution in [2.45, 2.75) is 47.0 Å². The van der Waals surface area contributed by atoms with E-state index in [1.54, 1.807) is 0 Å². The number of Topliss-reactive ketones (excluding diaryl/α,β-unsaturated/α-hetero) is 1. The van der Waals surface area contributed by atoms with Gasteiger partial charge in [-0.3, -0.25) is 4.79 Å². The maximum Gasteiger partial charge on any atom is 0.136 e. The predicted molar refractivity (Wildman–Crippen MR) is 70.6 cm³/mol. The highest BCUT2D eigenvalue weighted by atomic mass is 16.1. The summed E-state index contributed by atoms with van der Waals surface area (Å²) in [6, 6.07) is 0. The Morgan fingerprint density at radius 3 is 1.88 bits per heavy atom. The fraction of sp³-hybridized carbons (Fsp3) is 0.929. The Morgan fingerprint density at radius 2 is 1.50 bits per heavy atom. The molecule has 16 heavy (non-hydrogen) atoms. The van der Waals surface area contributed by atoms with Gasteiger partial charge in [0.05, 0.1) is 0 Å². The second-order valence-electron chi connectivity index (χ2n) is 5.74. The molecule has 0 aliphatic rings. The third-order valence-electron chi connectivity index (χ3n) is 3.09. The largest absolute Gasteiger partial charge is 0.309 e. The Bertz CT molecular complexity index is 189. The van der Waals surface area contributed by atoms with Crippen LogP contribution in [0.2, 0.25) is 0 Å². The lowest BCUT2D eigenvalue weighted by Gasteiger charge is -2.23. The summed E-state index contributed by atoms with van der Waals surface area (Å²) in [7, 11) is 4.15. The van der Waals surface area contributed by atoms with E-state index in [-0.39, 0.29) is 5.92 Å². The molecule has 0 aromatic carbocycles. The SMILES string of the molecule is CC(C)C(C(=O)CCCCN(C)C)C(C)C. The molecule has 0 saturated heterocycles. The Balaban J connectivity index is 3.93. The predicted octanol–water partition coefficient (Wildman–Crippen LogP) is 3.22. The average Bonchev–Trinajstić information content (AvgIpc) is 2.10. The van der Waals surface area contributed by atoms with Gasteiger partial charge < -0.3 is 4.90 Å². The lowest BCUT2D eigenvalue weighted by molar-refractivity contribution is -0.125. The molecular weight excluding hydrogens is 198 g/mol. The molecule has 0 rings (SSSR count). The Labute approximate surface area is 101 Å². The summed E-state index contributed by atoms with van der Waals surface area (Å²) in [5.41, 5.74) is 0. The summed E-state index contributed by atoms with van der Waals surface area (Å²) in [5.74, 6) is 1.66. The molecule has 0 aliphatic heterocycles. The van der Waals surface area contributed by atoms with Gasteiger partial charge in [0.2, 0.25) is 0 Å². The fourth-order valence-corrected chi connectivity index (χ4v) is 2.41. The molecule has 0 aromatic rings. The number of rotatable bonds is 8. The van der Waals surface area contributed by atoms with Crippen LogP contribution in [0.1, 0.15) is 47.0 Å². The summed E-state index contributed by atoms with van der Waals surface area (Å²) < 4.78 is 0. The maximum atomic E-state index is 12.1. The lowest BCUT2D eigenvalue weighted by Crippen LogP contribution is -2.25. The molecule has 0 atom stereocenters. The van der Waals surface area contributed by atoms with Gasteiger partial charge in [0.25, 0.3) is 0 Å². The van der Waals surface area contributed by atoms with Crippen molar-refractivity contribution in [2.24, 2.45) is 17.8 Å². The summed E-state index contributed by atoms with van der Waals surface area (Å²) >= 11 is 0. The summed E-state index contributed by atoms with van der Waals surface area (Å²) in [4.78, 5) is 14.2. The van der Waals surface area contributed by atoms with Gasteiger partial charge in [0.1, 0.15) is 5.78 Å². The number of unbranched alkanes of at least 4 members (excludes halogenated alkanes) is 1. The van der Waals surface area contributed by atoms with Crippen molar-refractivity contribution in [3.63, 3.8) is 0 Å². The van der Waals surface area contributed by atoms with Gasteiger partial charge in [-0.25, -0.2) is 0 Å². The van der Waals surface area contributed by atoms with Gasteiger partial charge in [-0.2, -0.15) is 0 Å². The van der Waals surface area contributed by atoms with Crippen LogP contribution in [-0.2, 0) is 4.79 Å². The van der Waals surface area contributed by atoms with E-state index in [2.05, 4.69) is 46.7 Å². The van der Waals surface area contributed by atoms with Gasteiger partial charge in [-0.15, -0.1) is 0 Å². The van der Waals surface area contributed by atoms with E-state index >= 15 is 0 Å². The normalized spacial score (nSPS) is 12.1. The van der Waals surface area contributed by atoms with Crippen LogP contribution in [0, 0.1) is 17.8 Å². The molecule has 0 aromatic heterocycles. The monoisotopic (exact) mass is 227 g/mol. The first-order valence-electron chi connectivity index (χ1n) is 6.53. The van der Waals surface area contributed by atoms with Crippen molar-refractivity contribution in [2.75, 3.05) is 20.6 Å². The number of carbonyl (C=O) groups is 1. The van der Waals surface area contributed by atoms with Crippen LogP contribution in [0.15, 0.2) is 0 Å². The molecule has 2 heteroatoms. The van der Waals surface area contributed by atoms with E-state index in [1.165, 1.54) is 0 Å². The molecule has 0 aliphatic carbocycles. The third kappa shape index (κ3) is 6.26. The highest BCUT2D eigenvalue weighted by molar-refractivity contribution is 5.81. The average molecular weight is 227 g/mol. The first kappa shape index (κ1) is 15.6. The van der Waals surface area contributed by atoms with Gasteiger partial charge in [0.15, 0.2) is 0 Å². The van der Waals surface area contributed by atoms with Crippen LogP contribution in [0.3, 0.4) is 0 Å². The van der Waals surface area contributed by atoms with E-state index in [9.17, 15) is 4.79 Å². The van der Waals surface area contributed by atoms with Crippen molar-refractivity contribution in [3.05, 3.63) is 0 Å². The minimum Gasteiger partial charge on any atom is -0.309 e. The molecule has 0 amide bonds. The quantitative estimate of drug-likeness (QED) is 0.593. The topological polar surface area (TPSA) is 20.3 Å². The summed E-state index contributed by atoms with van der Waals surface area (Å²) in [5, 5.41) is 0. The van der Waals surface area contributed by atoms with Crippen molar-refractivity contribution in [1.29, 1.82) is 0 Å². The zero-order valence-corrected chi connectivity index (χ0v) is 11.9. The highest BCUT2D eigenvalue weighted by Gasteiger charge is 2.24. The Hall–Kier alpha value is -0.370. The van der Waals surface area contributed by atoms with Crippen LogP contribution in [0.25, 0.3) is 0 Å². The maximum absolute atomic E-state index is 12.1. The van der Waals surface area contributed by atoms with E-state index in [0.717, 1.165) is 25.8 Å². The van der Waals surface area contributed by atoms with Gasteiger partial charge >= 0.3 is 0 Å². The van der Waals surface area contributed by atoms with Crippen molar-refractivity contribution < 1.29 is 4.79 Å². The molecule has 0 heterocycles. The number of nitrogens with zero attached hydrogens (tertiary/aromatic N) is 1. The molecule has 0 radical (unpaired) electrons. The number of hydrogen-bond acceptors (Lipinski definition) is 2. The molecule has 0 saturated carbocycles. The molecule has 0 unspecified atom stereocenters. The number of carbonyl (C=O) groups excluding carboxylic acids is 1. The zero-order valence-electron chi connectivity index (χ0n) is 11.9. The lowest BCUT2D eigenvalue weighted by atomic mass is 9.81. The second-order valence-corrected chi connectivity index (χ2v) is 5.74. The van der Waals surface area contributed by atoms with Gasteiger partial charge in [-0.1, -0.05) is 27.7 Å². The van der Waals surface area contributed by atoms with Crippen LogP contribution < -0.4 is 0 Å². The number of ketones is 1. The molecule has 0 fully saturated rings. The number of hydrogen-bond donors (Lipinski definition) is 0. The molecule has 0 bridgehead atoms. The van der Waals surface area contributed by atoms with Crippen molar-refractivity contribution >= 4 is 5.78 Å². The molecule has 0 N–H and O–H groups in total. The molecule has 2 nitrogen and oxygen atoms in total. The minimum absolute atomic E-state index is 0.249. The zero-order chi connectivity index (χ0) is 12.7. The fourth-order valence-electron chi connectivity index (χ4n) is 2.41. The minimum atomic E-state index is 0.249. The van der Waals surface area contributed by atoms with E-state index < -0.39 is 0 Å². The smallest absolute Gasteiger partial charge is 0.136 e. The Morgan fingerprint density at radius 1 is 1.00 bits per heavy atom. The summed E-state index contributed by atoms with van der Waals surface area (Å²) in [6.07, 6.45) is 2.92. The van der Waals surface area contributed by atoms with E-state index in [1.807, 2.05) is 0 Å². The van der Waals surface area contributed by atoms with Crippen LogP contribution in [0.4, 0.5) is 0 Å². The van der Waals surface area contributed by atoms with Crippen LogP contribution >= 0.6 is 0 Å². The van der Waals surface area contributed by atoms with E-state index in [0.29, 0.717) is 17.6 Å². The van der Waals surface area contributed by atoms with Crippen LogP contribution in [0.5, 0.6) is 0 Å². The standard InChI is InChI=1S/C14H29NO/c1-11(2)14(12(3)4)13(16)9-7-8-10-15(5)6/h11-12,14H,7-10H2,1-6H3. The van der Waals surface area contributed by atoms with Crippen molar-refractivity contribution in [3.8, 4) is 0 Å².